The van der Waals surface area contributed by atoms with Crippen molar-refractivity contribution < 1.29 is 0 Å². The molecule has 1 aromatic carbocycles. The second kappa shape index (κ2) is 5.23. The van der Waals surface area contributed by atoms with Gasteiger partial charge >= 0.3 is 0 Å². The van der Waals surface area contributed by atoms with Gasteiger partial charge in [-0.1, -0.05) is 19.3 Å². The molecule has 1 fully saturated rings. The number of tetrazole rings is 1. The van der Waals surface area contributed by atoms with Crippen LogP contribution in [0.4, 0.5) is 5.69 Å². The number of hydrogen-bond donors (Lipinski definition) is 1. The predicted molar refractivity (Wildman–Crippen MR) is 78.9 cm³/mol. The fourth-order valence-electron chi connectivity index (χ4n) is 3.03. The molecule has 2 aromatic rings. The third-order valence-electron chi connectivity index (χ3n) is 4.28. The zero-order valence-electron chi connectivity index (χ0n) is 12.1. The van der Waals surface area contributed by atoms with E-state index in [1.54, 1.807) is 0 Å². The molecular weight excluding hydrogens is 250 g/mol. The summed E-state index contributed by atoms with van der Waals surface area (Å²) in [6.45, 7) is 4.07. The topological polar surface area (TPSA) is 69.6 Å². The van der Waals surface area contributed by atoms with Crippen LogP contribution < -0.4 is 5.73 Å². The highest BCUT2D eigenvalue weighted by Crippen LogP contribution is 2.32. The van der Waals surface area contributed by atoms with Crippen LogP contribution >= 0.6 is 0 Å². The van der Waals surface area contributed by atoms with Gasteiger partial charge in [-0.3, -0.25) is 0 Å². The van der Waals surface area contributed by atoms with Gasteiger partial charge in [0.2, 0.25) is 0 Å². The molecule has 20 heavy (non-hydrogen) atoms. The molecule has 0 aliphatic heterocycles. The van der Waals surface area contributed by atoms with Crippen molar-refractivity contribution in [3.05, 3.63) is 29.1 Å². The maximum Gasteiger partial charge on any atom is 0.159 e. The maximum atomic E-state index is 5.96. The first-order chi connectivity index (χ1) is 9.66. The van der Waals surface area contributed by atoms with E-state index in [9.17, 15) is 0 Å². The number of anilines is 1. The van der Waals surface area contributed by atoms with E-state index in [-0.39, 0.29) is 0 Å². The summed E-state index contributed by atoms with van der Waals surface area (Å²) in [5.41, 5.74) is 10.00. The highest BCUT2D eigenvalue weighted by Gasteiger charge is 2.23. The quantitative estimate of drug-likeness (QED) is 0.853. The molecule has 1 heterocycles. The van der Waals surface area contributed by atoms with Crippen molar-refractivity contribution in [2.75, 3.05) is 5.73 Å². The van der Waals surface area contributed by atoms with Crippen molar-refractivity contribution in [1.82, 2.24) is 20.2 Å². The Morgan fingerprint density at radius 1 is 1.10 bits per heavy atom. The largest absolute Gasteiger partial charge is 0.399 e. The monoisotopic (exact) mass is 271 g/mol. The lowest BCUT2D eigenvalue weighted by molar-refractivity contribution is 0.422. The minimum absolute atomic E-state index is 0.482. The van der Waals surface area contributed by atoms with Crippen LogP contribution in [0, 0.1) is 13.8 Å². The van der Waals surface area contributed by atoms with Gasteiger partial charge in [0.25, 0.3) is 0 Å². The minimum atomic E-state index is 0.482. The van der Waals surface area contributed by atoms with Gasteiger partial charge in [0, 0.05) is 11.6 Å². The summed E-state index contributed by atoms with van der Waals surface area (Å²) < 4.78 is 1.90. The van der Waals surface area contributed by atoms with Crippen molar-refractivity contribution in [2.45, 2.75) is 51.9 Å². The number of hydrogen-bond acceptors (Lipinski definition) is 4. The summed E-state index contributed by atoms with van der Waals surface area (Å²) in [5, 5.41) is 12.4. The zero-order chi connectivity index (χ0) is 14.1. The Kier molecular flexibility index (Phi) is 3.42. The van der Waals surface area contributed by atoms with Crippen LogP contribution in [-0.2, 0) is 0 Å². The number of nitrogen functional groups attached to an aromatic ring is 1. The molecule has 0 bridgehead atoms. The molecule has 1 saturated carbocycles. The maximum absolute atomic E-state index is 5.96. The predicted octanol–water partition coefficient (Wildman–Crippen LogP) is 2.91. The SMILES string of the molecule is Cc1cc(-n2nnnc2C2CCCCC2)c(C)cc1N. The molecule has 2 N–H and O–H groups in total. The fraction of sp³-hybridized carbons (Fsp3) is 0.533. The number of aryl methyl sites for hydroxylation is 2. The van der Waals surface area contributed by atoms with Crippen molar-refractivity contribution in [2.24, 2.45) is 0 Å². The van der Waals surface area contributed by atoms with Crippen LogP contribution in [0.1, 0.15) is 55.0 Å². The van der Waals surface area contributed by atoms with Gasteiger partial charge in [-0.25, -0.2) is 0 Å². The van der Waals surface area contributed by atoms with E-state index in [2.05, 4.69) is 28.5 Å². The number of benzene rings is 1. The highest BCUT2D eigenvalue weighted by molar-refractivity contribution is 5.56. The second-order valence-corrected chi connectivity index (χ2v) is 5.78. The Morgan fingerprint density at radius 2 is 1.85 bits per heavy atom. The van der Waals surface area contributed by atoms with Gasteiger partial charge < -0.3 is 5.73 Å². The lowest BCUT2D eigenvalue weighted by atomic mass is 9.88. The Morgan fingerprint density at radius 3 is 2.60 bits per heavy atom. The van der Waals surface area contributed by atoms with Gasteiger partial charge in [0.1, 0.15) is 0 Å². The van der Waals surface area contributed by atoms with E-state index in [1.807, 2.05) is 17.7 Å². The third-order valence-corrected chi connectivity index (χ3v) is 4.28. The van der Waals surface area contributed by atoms with Crippen molar-refractivity contribution >= 4 is 5.69 Å². The van der Waals surface area contributed by atoms with Crippen molar-refractivity contribution in [3.63, 3.8) is 0 Å². The summed E-state index contributed by atoms with van der Waals surface area (Å²) in [4.78, 5) is 0. The number of nitrogens with zero attached hydrogens (tertiary/aromatic N) is 4. The Balaban J connectivity index is 2.03. The molecule has 0 atom stereocenters. The standard InChI is InChI=1S/C15H21N5/c1-10-9-14(11(2)8-13(10)16)20-15(17-18-19-20)12-6-4-3-5-7-12/h8-9,12H,3-7,16H2,1-2H3. The van der Waals surface area contributed by atoms with E-state index >= 15 is 0 Å². The Hall–Kier alpha value is -1.91. The molecule has 5 heteroatoms. The highest BCUT2D eigenvalue weighted by atomic mass is 15.5. The average Bonchev–Trinajstić information content (AvgIpc) is 2.93. The lowest BCUT2D eigenvalue weighted by Crippen LogP contribution is -2.13. The van der Waals surface area contributed by atoms with Crippen LogP contribution in [0.15, 0.2) is 12.1 Å². The van der Waals surface area contributed by atoms with Crippen LogP contribution in [0.2, 0.25) is 0 Å². The molecule has 1 aliphatic rings. The van der Waals surface area contributed by atoms with Gasteiger partial charge in [-0.05, 0) is 60.4 Å². The van der Waals surface area contributed by atoms with Crippen LogP contribution in [0.5, 0.6) is 0 Å². The van der Waals surface area contributed by atoms with Gasteiger partial charge in [-0.15, -0.1) is 5.10 Å². The molecule has 106 valence electrons. The zero-order valence-corrected chi connectivity index (χ0v) is 12.1. The molecule has 0 spiro atoms. The van der Waals surface area contributed by atoms with E-state index in [0.717, 1.165) is 28.3 Å². The fourth-order valence-corrected chi connectivity index (χ4v) is 3.03. The first-order valence-corrected chi connectivity index (χ1v) is 7.32. The first kappa shape index (κ1) is 13.1. The number of nitrogens with two attached hydrogens (primary N) is 1. The number of aromatic nitrogens is 4. The lowest BCUT2D eigenvalue weighted by Gasteiger charge is -2.21. The summed E-state index contributed by atoms with van der Waals surface area (Å²) >= 11 is 0. The van der Waals surface area contributed by atoms with E-state index in [1.165, 1.54) is 32.1 Å². The molecule has 3 rings (SSSR count). The molecule has 0 amide bonds. The molecule has 0 unspecified atom stereocenters. The molecule has 0 saturated heterocycles. The van der Waals surface area contributed by atoms with Crippen molar-refractivity contribution in [1.29, 1.82) is 0 Å². The summed E-state index contributed by atoms with van der Waals surface area (Å²) in [5.74, 6) is 1.48. The van der Waals surface area contributed by atoms with Crippen molar-refractivity contribution in [3.8, 4) is 5.69 Å². The molecule has 5 nitrogen and oxygen atoms in total. The van der Waals surface area contributed by atoms with E-state index in [0.29, 0.717) is 5.92 Å². The van der Waals surface area contributed by atoms with Crippen LogP contribution in [0.25, 0.3) is 5.69 Å². The Bertz CT molecular complexity index is 611. The second-order valence-electron chi connectivity index (χ2n) is 5.78. The van der Waals surface area contributed by atoms with Gasteiger partial charge in [0.05, 0.1) is 5.69 Å². The van der Waals surface area contributed by atoms with Gasteiger partial charge in [0.15, 0.2) is 5.82 Å². The number of rotatable bonds is 2. The molecule has 0 radical (unpaired) electrons. The van der Waals surface area contributed by atoms with Crippen LogP contribution in [-0.4, -0.2) is 20.2 Å². The normalized spacial score (nSPS) is 16.5. The van der Waals surface area contributed by atoms with Gasteiger partial charge in [-0.2, -0.15) is 4.68 Å². The third kappa shape index (κ3) is 2.28. The van der Waals surface area contributed by atoms with E-state index in [4.69, 9.17) is 5.73 Å². The first-order valence-electron chi connectivity index (χ1n) is 7.32. The smallest absolute Gasteiger partial charge is 0.159 e. The molecular formula is C15H21N5. The average molecular weight is 271 g/mol. The summed E-state index contributed by atoms with van der Waals surface area (Å²) in [6, 6.07) is 4.07. The molecule has 1 aromatic heterocycles. The molecule has 1 aliphatic carbocycles. The van der Waals surface area contributed by atoms with Crippen LogP contribution in [0.3, 0.4) is 0 Å². The summed E-state index contributed by atoms with van der Waals surface area (Å²) in [6.07, 6.45) is 6.26. The van der Waals surface area contributed by atoms with E-state index < -0.39 is 0 Å². The summed E-state index contributed by atoms with van der Waals surface area (Å²) in [7, 11) is 0. The minimum Gasteiger partial charge on any atom is -0.399 e. The Labute approximate surface area is 119 Å².